The highest BCUT2D eigenvalue weighted by Crippen LogP contribution is 2.20. The normalized spacial score (nSPS) is 16.9. The molecular weight excluding hydrogens is 304 g/mol. The van der Waals surface area contributed by atoms with Gasteiger partial charge in [0.15, 0.2) is 0 Å². The average Bonchev–Trinajstić information content (AvgIpc) is 2.57. The molecule has 1 aromatic heterocycles. The highest BCUT2D eigenvalue weighted by molar-refractivity contribution is 5.92. The lowest BCUT2D eigenvalue weighted by atomic mass is 9.96. The summed E-state index contributed by atoms with van der Waals surface area (Å²) in [4.78, 5) is 16.0. The summed E-state index contributed by atoms with van der Waals surface area (Å²) in [7, 11) is 3.53. The smallest absolute Gasteiger partial charge is 0.250 e. The molecule has 2 rings (SSSR count). The fourth-order valence-electron chi connectivity index (χ4n) is 2.83. The number of aliphatic imine (C=N–C) groups is 1. The van der Waals surface area contributed by atoms with Crippen LogP contribution < -0.4 is 27.5 Å². The van der Waals surface area contributed by atoms with E-state index < -0.39 is 0 Å². The van der Waals surface area contributed by atoms with Crippen LogP contribution in [0.25, 0.3) is 0 Å². The molecule has 0 amide bonds. The van der Waals surface area contributed by atoms with E-state index in [1.54, 1.807) is 30.8 Å². The van der Waals surface area contributed by atoms with Gasteiger partial charge in [0, 0.05) is 39.0 Å². The monoisotopic (exact) mass is 332 g/mol. The van der Waals surface area contributed by atoms with Crippen LogP contribution in [-0.2, 0) is 13.6 Å². The van der Waals surface area contributed by atoms with Crippen LogP contribution >= 0.6 is 0 Å². The van der Waals surface area contributed by atoms with Crippen molar-refractivity contribution in [3.8, 4) is 0 Å². The maximum absolute atomic E-state index is 11.4. The van der Waals surface area contributed by atoms with Crippen LogP contribution in [0.5, 0.6) is 0 Å². The van der Waals surface area contributed by atoms with Crippen molar-refractivity contribution in [2.75, 3.05) is 7.05 Å². The number of hydrazine groups is 1. The number of aromatic nitrogens is 1. The Bertz CT molecular complexity index is 643. The van der Waals surface area contributed by atoms with Gasteiger partial charge in [0.1, 0.15) is 11.7 Å². The fraction of sp³-hybridized carbons (Fsp3) is 0.529. The van der Waals surface area contributed by atoms with Crippen molar-refractivity contribution in [2.24, 2.45) is 17.8 Å². The number of nitrogens with one attached hydrogen (secondary N) is 3. The van der Waals surface area contributed by atoms with Crippen LogP contribution in [0.4, 0.5) is 0 Å². The standard InChI is InChI=1S/C17H28N6O/c1-19-22-16(10-15(18)21-14-6-4-3-5-7-14)20-11-13-8-9-17(24)23(2)12-13/h8-10,12,14,19-20,22H,3-7,11H2,1-2H3,(H2,18,21)/b16-10-. The first-order valence-electron chi connectivity index (χ1n) is 8.45. The molecule has 7 nitrogen and oxygen atoms in total. The van der Waals surface area contributed by atoms with E-state index >= 15 is 0 Å². The van der Waals surface area contributed by atoms with E-state index in [0.717, 1.165) is 24.2 Å². The summed E-state index contributed by atoms with van der Waals surface area (Å²) in [5.74, 6) is 1.26. The van der Waals surface area contributed by atoms with E-state index in [4.69, 9.17) is 5.73 Å². The van der Waals surface area contributed by atoms with Gasteiger partial charge in [-0.2, -0.15) is 0 Å². The van der Waals surface area contributed by atoms with Crippen molar-refractivity contribution in [3.63, 3.8) is 0 Å². The van der Waals surface area contributed by atoms with E-state index in [0.29, 0.717) is 18.4 Å². The number of pyridine rings is 1. The Labute approximate surface area is 143 Å². The molecular formula is C17H28N6O. The second-order valence-corrected chi connectivity index (χ2v) is 6.12. The van der Waals surface area contributed by atoms with Gasteiger partial charge in [0.25, 0.3) is 0 Å². The zero-order valence-corrected chi connectivity index (χ0v) is 14.5. The minimum atomic E-state index is -0.0216. The van der Waals surface area contributed by atoms with Gasteiger partial charge in [-0.3, -0.25) is 9.79 Å². The van der Waals surface area contributed by atoms with Gasteiger partial charge in [0.05, 0.1) is 6.04 Å². The van der Waals surface area contributed by atoms with Crippen molar-refractivity contribution in [2.45, 2.75) is 44.7 Å². The van der Waals surface area contributed by atoms with Gasteiger partial charge in [-0.05, 0) is 18.4 Å². The number of amidine groups is 1. The Kier molecular flexibility index (Phi) is 6.87. The van der Waals surface area contributed by atoms with E-state index in [9.17, 15) is 4.79 Å². The molecule has 0 unspecified atom stereocenters. The van der Waals surface area contributed by atoms with E-state index in [-0.39, 0.29) is 5.56 Å². The molecule has 1 heterocycles. The topological polar surface area (TPSA) is 96.5 Å². The molecule has 1 aliphatic carbocycles. The SMILES string of the molecule is CNN/C(=C\C(N)=NC1CCCCC1)NCc1ccc(=O)n(C)c1. The van der Waals surface area contributed by atoms with Gasteiger partial charge in [-0.15, -0.1) is 0 Å². The van der Waals surface area contributed by atoms with Gasteiger partial charge < -0.3 is 21.0 Å². The lowest BCUT2D eigenvalue weighted by molar-refractivity contribution is 0.443. The summed E-state index contributed by atoms with van der Waals surface area (Å²) in [5, 5.41) is 3.26. The lowest BCUT2D eigenvalue weighted by Gasteiger charge is -2.18. The Hall–Kier alpha value is -2.28. The summed E-state index contributed by atoms with van der Waals surface area (Å²) in [5.41, 5.74) is 13.0. The zero-order valence-electron chi connectivity index (χ0n) is 14.5. The number of hydrogen-bond donors (Lipinski definition) is 4. The van der Waals surface area contributed by atoms with Gasteiger partial charge >= 0.3 is 0 Å². The molecule has 1 fully saturated rings. The van der Waals surface area contributed by atoms with Crippen molar-refractivity contribution < 1.29 is 0 Å². The molecule has 0 spiro atoms. The number of hydrogen-bond acceptors (Lipinski definition) is 5. The maximum Gasteiger partial charge on any atom is 0.250 e. The minimum Gasteiger partial charge on any atom is -0.384 e. The summed E-state index contributed by atoms with van der Waals surface area (Å²) >= 11 is 0. The Balaban J connectivity index is 2.00. The summed E-state index contributed by atoms with van der Waals surface area (Å²) < 4.78 is 1.56. The molecule has 132 valence electrons. The van der Waals surface area contributed by atoms with E-state index in [2.05, 4.69) is 21.2 Å². The highest BCUT2D eigenvalue weighted by Gasteiger charge is 2.12. The summed E-state index contributed by atoms with van der Waals surface area (Å²) in [6, 6.07) is 3.71. The third-order valence-electron chi connectivity index (χ3n) is 4.09. The quantitative estimate of drug-likeness (QED) is 0.335. The Morgan fingerprint density at radius 2 is 2.12 bits per heavy atom. The van der Waals surface area contributed by atoms with Crippen molar-refractivity contribution >= 4 is 5.84 Å². The number of aryl methyl sites for hydroxylation is 1. The van der Waals surface area contributed by atoms with Crippen LogP contribution in [0, 0.1) is 0 Å². The van der Waals surface area contributed by atoms with Crippen LogP contribution in [0.1, 0.15) is 37.7 Å². The summed E-state index contributed by atoms with van der Waals surface area (Å²) in [6.07, 6.45) is 9.62. The lowest BCUT2D eigenvalue weighted by Crippen LogP contribution is -2.35. The van der Waals surface area contributed by atoms with Crippen molar-refractivity contribution in [3.05, 3.63) is 46.1 Å². The largest absolute Gasteiger partial charge is 0.384 e. The molecule has 5 N–H and O–H groups in total. The van der Waals surface area contributed by atoms with Crippen molar-refractivity contribution in [1.82, 2.24) is 20.7 Å². The predicted octanol–water partition coefficient (Wildman–Crippen LogP) is 0.730. The minimum absolute atomic E-state index is 0.0216. The highest BCUT2D eigenvalue weighted by atomic mass is 16.1. The molecule has 0 atom stereocenters. The van der Waals surface area contributed by atoms with Crippen LogP contribution in [0.2, 0.25) is 0 Å². The maximum atomic E-state index is 11.4. The Morgan fingerprint density at radius 1 is 1.38 bits per heavy atom. The van der Waals surface area contributed by atoms with Gasteiger partial charge in [-0.1, -0.05) is 25.3 Å². The fourth-order valence-corrected chi connectivity index (χ4v) is 2.83. The second kappa shape index (κ2) is 9.12. The van der Waals surface area contributed by atoms with E-state index in [1.807, 2.05) is 12.3 Å². The third-order valence-corrected chi connectivity index (χ3v) is 4.09. The molecule has 7 heteroatoms. The van der Waals surface area contributed by atoms with E-state index in [1.165, 1.54) is 19.3 Å². The molecule has 24 heavy (non-hydrogen) atoms. The van der Waals surface area contributed by atoms with Crippen LogP contribution in [0.3, 0.4) is 0 Å². The number of nitrogens with zero attached hydrogens (tertiary/aromatic N) is 2. The molecule has 0 aromatic carbocycles. The van der Waals surface area contributed by atoms with Gasteiger partial charge in [0.2, 0.25) is 5.56 Å². The predicted molar refractivity (Wildman–Crippen MR) is 97.3 cm³/mol. The molecule has 1 aromatic rings. The zero-order chi connectivity index (χ0) is 17.4. The first-order valence-corrected chi connectivity index (χ1v) is 8.45. The first-order chi connectivity index (χ1) is 11.6. The molecule has 0 radical (unpaired) electrons. The van der Waals surface area contributed by atoms with Crippen LogP contribution in [0.15, 0.2) is 40.0 Å². The van der Waals surface area contributed by atoms with Crippen molar-refractivity contribution in [1.29, 1.82) is 0 Å². The molecule has 0 aliphatic heterocycles. The second-order valence-electron chi connectivity index (χ2n) is 6.12. The molecule has 1 saturated carbocycles. The van der Waals surface area contributed by atoms with Crippen LogP contribution in [-0.4, -0.2) is 23.5 Å². The average molecular weight is 332 g/mol. The molecule has 0 bridgehead atoms. The van der Waals surface area contributed by atoms with Gasteiger partial charge in [-0.25, -0.2) is 5.43 Å². The third kappa shape index (κ3) is 5.73. The summed E-state index contributed by atoms with van der Waals surface area (Å²) in [6.45, 7) is 0.575. The number of rotatable bonds is 7. The molecule has 1 aliphatic rings. The first kappa shape index (κ1) is 18.1. The Morgan fingerprint density at radius 3 is 2.79 bits per heavy atom. The molecule has 0 saturated heterocycles. The number of nitrogens with two attached hydrogens (primary N) is 1.